The summed E-state index contributed by atoms with van der Waals surface area (Å²) in [5.41, 5.74) is 8.20. The van der Waals surface area contributed by atoms with E-state index in [2.05, 4.69) is 16.8 Å². The maximum Gasteiger partial charge on any atom is 0.0487 e. The fourth-order valence-electron chi connectivity index (χ4n) is 2.12. The van der Waals surface area contributed by atoms with Gasteiger partial charge in [0.05, 0.1) is 0 Å². The molecule has 1 heterocycles. The van der Waals surface area contributed by atoms with Crippen LogP contribution < -0.4 is 5.73 Å². The van der Waals surface area contributed by atoms with Crippen molar-refractivity contribution in [3.63, 3.8) is 0 Å². The van der Waals surface area contributed by atoms with Crippen LogP contribution in [0.4, 0.5) is 0 Å². The van der Waals surface area contributed by atoms with Gasteiger partial charge in [-0.3, -0.25) is 0 Å². The van der Waals surface area contributed by atoms with E-state index in [-0.39, 0.29) is 0 Å². The molecule has 3 heteroatoms. The highest BCUT2D eigenvalue weighted by atomic mass is 35.5. The molecule has 0 saturated heterocycles. The standard InChI is InChI=1S/C12H13ClN2/c13-9-1-4-12-11(5-9)8(6-14)7-15(12)10-2-3-10/h1,4-5,7,10H,2-3,6,14H2. The lowest BCUT2D eigenvalue weighted by atomic mass is 10.2. The first-order valence-electron chi connectivity index (χ1n) is 5.28. The Bertz CT molecular complexity index is 512. The molecule has 1 aromatic heterocycles. The van der Waals surface area contributed by atoms with Gasteiger partial charge in [-0.2, -0.15) is 0 Å². The number of benzene rings is 1. The Labute approximate surface area is 93.6 Å². The van der Waals surface area contributed by atoms with E-state index in [0.29, 0.717) is 12.6 Å². The van der Waals surface area contributed by atoms with E-state index >= 15 is 0 Å². The van der Waals surface area contributed by atoms with Gasteiger partial charge >= 0.3 is 0 Å². The smallest absolute Gasteiger partial charge is 0.0487 e. The predicted octanol–water partition coefficient (Wildman–Crippen LogP) is 3.09. The highest BCUT2D eigenvalue weighted by Crippen LogP contribution is 2.39. The number of aromatic nitrogens is 1. The van der Waals surface area contributed by atoms with Crippen LogP contribution in [0.15, 0.2) is 24.4 Å². The van der Waals surface area contributed by atoms with Crippen molar-refractivity contribution in [1.29, 1.82) is 0 Å². The Hall–Kier alpha value is -0.990. The minimum Gasteiger partial charge on any atom is -0.344 e. The first kappa shape index (κ1) is 9.25. The van der Waals surface area contributed by atoms with Crippen molar-refractivity contribution in [2.45, 2.75) is 25.4 Å². The lowest BCUT2D eigenvalue weighted by molar-refractivity contribution is 0.771. The molecule has 0 radical (unpaired) electrons. The van der Waals surface area contributed by atoms with Crippen LogP contribution >= 0.6 is 11.6 Å². The molecule has 0 spiro atoms. The van der Waals surface area contributed by atoms with Gasteiger partial charge in [-0.15, -0.1) is 0 Å². The highest BCUT2D eigenvalue weighted by Gasteiger charge is 2.25. The van der Waals surface area contributed by atoms with Crippen molar-refractivity contribution < 1.29 is 0 Å². The van der Waals surface area contributed by atoms with Gasteiger partial charge in [-0.25, -0.2) is 0 Å². The van der Waals surface area contributed by atoms with Crippen LogP contribution in [0.2, 0.25) is 5.02 Å². The fraction of sp³-hybridized carbons (Fsp3) is 0.333. The van der Waals surface area contributed by atoms with Crippen LogP contribution in [-0.2, 0) is 6.54 Å². The lowest BCUT2D eigenvalue weighted by Gasteiger charge is -2.01. The second-order valence-corrected chi connectivity index (χ2v) is 4.59. The van der Waals surface area contributed by atoms with Gasteiger partial charge in [0.1, 0.15) is 0 Å². The molecule has 1 aliphatic rings. The number of nitrogens with zero attached hydrogens (tertiary/aromatic N) is 1. The summed E-state index contributed by atoms with van der Waals surface area (Å²) >= 11 is 6.00. The summed E-state index contributed by atoms with van der Waals surface area (Å²) in [5, 5.41) is 1.99. The van der Waals surface area contributed by atoms with E-state index in [1.807, 2.05) is 12.1 Å². The van der Waals surface area contributed by atoms with Gasteiger partial charge in [-0.05, 0) is 36.6 Å². The van der Waals surface area contributed by atoms with Gasteiger partial charge in [-0.1, -0.05) is 11.6 Å². The molecule has 0 amide bonds. The monoisotopic (exact) mass is 220 g/mol. The SMILES string of the molecule is NCc1cn(C2CC2)c2ccc(Cl)cc12. The molecule has 1 aromatic carbocycles. The first-order valence-corrected chi connectivity index (χ1v) is 5.66. The Kier molecular flexibility index (Phi) is 2.01. The topological polar surface area (TPSA) is 30.9 Å². The first-order chi connectivity index (χ1) is 7.29. The average Bonchev–Trinajstić information content (AvgIpc) is 3.01. The van der Waals surface area contributed by atoms with Crippen LogP contribution in [0, 0.1) is 0 Å². The molecule has 3 rings (SSSR count). The minimum absolute atomic E-state index is 0.580. The fourth-order valence-corrected chi connectivity index (χ4v) is 2.29. The number of nitrogens with two attached hydrogens (primary N) is 1. The second-order valence-electron chi connectivity index (χ2n) is 4.16. The molecular weight excluding hydrogens is 208 g/mol. The van der Waals surface area contributed by atoms with Crippen molar-refractivity contribution in [2.75, 3.05) is 0 Å². The molecule has 1 fully saturated rings. The highest BCUT2D eigenvalue weighted by molar-refractivity contribution is 6.31. The number of rotatable bonds is 2. The Balaban J connectivity index is 2.28. The van der Waals surface area contributed by atoms with Crippen LogP contribution in [0.3, 0.4) is 0 Å². The summed E-state index contributed by atoms with van der Waals surface area (Å²) < 4.78 is 2.34. The van der Waals surface area contributed by atoms with Crippen molar-refractivity contribution in [3.05, 3.63) is 35.0 Å². The molecule has 1 saturated carbocycles. The van der Waals surface area contributed by atoms with Gasteiger partial charge in [0, 0.05) is 34.7 Å². The Morgan fingerprint density at radius 3 is 2.87 bits per heavy atom. The third-order valence-electron chi connectivity index (χ3n) is 3.04. The van der Waals surface area contributed by atoms with Crippen molar-refractivity contribution in [3.8, 4) is 0 Å². The van der Waals surface area contributed by atoms with Crippen LogP contribution in [0.1, 0.15) is 24.4 Å². The Morgan fingerprint density at radius 2 is 2.20 bits per heavy atom. The van der Waals surface area contributed by atoms with E-state index in [4.69, 9.17) is 17.3 Å². The van der Waals surface area contributed by atoms with E-state index in [1.165, 1.54) is 29.3 Å². The van der Waals surface area contributed by atoms with E-state index in [9.17, 15) is 0 Å². The van der Waals surface area contributed by atoms with Crippen LogP contribution in [0.25, 0.3) is 10.9 Å². The molecule has 0 atom stereocenters. The summed E-state index contributed by atoms with van der Waals surface area (Å²) in [6.07, 6.45) is 4.76. The maximum absolute atomic E-state index is 6.00. The largest absolute Gasteiger partial charge is 0.344 e. The maximum atomic E-state index is 6.00. The van der Waals surface area contributed by atoms with Crippen molar-refractivity contribution >= 4 is 22.5 Å². The summed E-state index contributed by atoms with van der Waals surface area (Å²) in [7, 11) is 0. The average molecular weight is 221 g/mol. The third kappa shape index (κ3) is 1.45. The van der Waals surface area contributed by atoms with Crippen LogP contribution in [0.5, 0.6) is 0 Å². The molecule has 0 bridgehead atoms. The number of fused-ring (bicyclic) bond motifs is 1. The summed E-state index contributed by atoms with van der Waals surface area (Å²) in [5.74, 6) is 0. The predicted molar refractivity (Wildman–Crippen MR) is 63.1 cm³/mol. The summed E-state index contributed by atoms with van der Waals surface area (Å²) in [6, 6.07) is 6.74. The molecule has 2 nitrogen and oxygen atoms in total. The number of hydrogen-bond donors (Lipinski definition) is 1. The quantitative estimate of drug-likeness (QED) is 0.829. The van der Waals surface area contributed by atoms with Gasteiger partial charge < -0.3 is 10.3 Å². The minimum atomic E-state index is 0.580. The Morgan fingerprint density at radius 1 is 1.40 bits per heavy atom. The third-order valence-corrected chi connectivity index (χ3v) is 3.27. The molecule has 78 valence electrons. The zero-order chi connectivity index (χ0) is 10.4. The molecule has 0 unspecified atom stereocenters. The molecule has 0 aliphatic heterocycles. The molecule has 15 heavy (non-hydrogen) atoms. The number of halogens is 1. The summed E-state index contributed by atoms with van der Waals surface area (Å²) in [6.45, 7) is 0.580. The van der Waals surface area contributed by atoms with Crippen molar-refractivity contribution in [1.82, 2.24) is 4.57 Å². The zero-order valence-electron chi connectivity index (χ0n) is 8.41. The van der Waals surface area contributed by atoms with Gasteiger partial charge in [0.25, 0.3) is 0 Å². The molecular formula is C12H13ClN2. The molecule has 2 N–H and O–H groups in total. The van der Waals surface area contributed by atoms with Gasteiger partial charge in [0.2, 0.25) is 0 Å². The van der Waals surface area contributed by atoms with Gasteiger partial charge in [0.15, 0.2) is 0 Å². The van der Waals surface area contributed by atoms with Crippen LogP contribution in [-0.4, -0.2) is 4.57 Å². The number of hydrogen-bond acceptors (Lipinski definition) is 1. The second kappa shape index (κ2) is 3.26. The van der Waals surface area contributed by atoms with Crippen molar-refractivity contribution in [2.24, 2.45) is 5.73 Å². The van der Waals surface area contributed by atoms with E-state index < -0.39 is 0 Å². The summed E-state index contributed by atoms with van der Waals surface area (Å²) in [4.78, 5) is 0. The zero-order valence-corrected chi connectivity index (χ0v) is 9.17. The normalized spacial score (nSPS) is 16.1. The lowest BCUT2D eigenvalue weighted by Crippen LogP contribution is -1.94. The molecule has 2 aromatic rings. The van der Waals surface area contributed by atoms with E-state index in [1.54, 1.807) is 0 Å². The van der Waals surface area contributed by atoms with E-state index in [0.717, 1.165) is 5.02 Å². The molecule has 1 aliphatic carbocycles.